The Hall–Kier alpha value is -3.47. The number of hydroxylamine groups is 1. The first-order valence-electron chi connectivity index (χ1n) is 12.7. The van der Waals surface area contributed by atoms with Crippen molar-refractivity contribution in [3.63, 3.8) is 0 Å². The molecule has 0 atom stereocenters. The Kier molecular flexibility index (Phi) is 11.2. The van der Waals surface area contributed by atoms with Gasteiger partial charge in [-0.1, -0.05) is 5.92 Å². The highest BCUT2D eigenvalue weighted by Crippen LogP contribution is 2.37. The van der Waals surface area contributed by atoms with Gasteiger partial charge in [0, 0.05) is 50.3 Å². The molecule has 44 heavy (non-hydrogen) atoms. The number of halogens is 1. The van der Waals surface area contributed by atoms with Gasteiger partial charge in [-0.15, -0.1) is 5.92 Å². The second-order valence-electron chi connectivity index (χ2n) is 9.76. The first-order chi connectivity index (χ1) is 20.5. The van der Waals surface area contributed by atoms with E-state index in [0.29, 0.717) is 5.75 Å². The highest BCUT2D eigenvalue weighted by Gasteiger charge is 2.47. The van der Waals surface area contributed by atoms with Crippen LogP contribution in [0.15, 0.2) is 64.3 Å². The van der Waals surface area contributed by atoms with Crippen LogP contribution in [0.2, 0.25) is 0 Å². The maximum absolute atomic E-state index is 13.1. The Balaban J connectivity index is 0.000000448. The number of carbonyl (C=O) groups is 1. The van der Waals surface area contributed by atoms with Crippen molar-refractivity contribution in [1.82, 2.24) is 28.9 Å². The molecule has 1 aromatic carbocycles. The highest BCUT2D eigenvalue weighted by atomic mass is 35.7. The van der Waals surface area contributed by atoms with E-state index in [4.69, 9.17) is 15.4 Å². The summed E-state index contributed by atoms with van der Waals surface area (Å²) >= 11 is 0. The molecule has 0 unspecified atom stereocenters. The Labute approximate surface area is 260 Å². The third-order valence-corrected chi connectivity index (χ3v) is 11.5. The van der Waals surface area contributed by atoms with Crippen molar-refractivity contribution < 1.29 is 40.0 Å². The molecular formula is C25H31ClN6O9S3. The molecule has 240 valence electrons. The standard InChI is InChI=1S/C21H26N4O7S2.C4H5ClN2O2S/c1-3-4-13-32-17-5-7-18(8-6-17)33(28,29)15-21(20(26)23-27)9-11-25(12-10-21)34(30,31)19-14-24(2)16-22-19;1-7-2-4(6-3-7)10(5,8)9/h5-8,14,16,27H,9-13,15H2,1-2H3,(H,23,26);2-3H,1H3. The van der Waals surface area contributed by atoms with E-state index in [1.165, 1.54) is 58.4 Å². The van der Waals surface area contributed by atoms with Crippen LogP contribution in [0, 0.1) is 17.3 Å². The molecule has 3 heterocycles. The van der Waals surface area contributed by atoms with Gasteiger partial charge < -0.3 is 13.9 Å². The Bertz CT molecular complexity index is 1850. The van der Waals surface area contributed by atoms with Gasteiger partial charge in [0.15, 0.2) is 19.9 Å². The van der Waals surface area contributed by atoms with Gasteiger partial charge in [-0.3, -0.25) is 10.0 Å². The lowest BCUT2D eigenvalue weighted by Gasteiger charge is -2.38. The minimum atomic E-state index is -3.96. The number of nitrogens with zero attached hydrogens (tertiary/aromatic N) is 5. The van der Waals surface area contributed by atoms with Crippen molar-refractivity contribution in [2.24, 2.45) is 19.5 Å². The number of amides is 1. The van der Waals surface area contributed by atoms with Gasteiger partial charge in [0.25, 0.3) is 25.0 Å². The second kappa shape index (κ2) is 14.1. The fourth-order valence-corrected chi connectivity index (χ4v) is 8.24. The Morgan fingerprint density at radius 1 is 1.00 bits per heavy atom. The van der Waals surface area contributed by atoms with Gasteiger partial charge >= 0.3 is 0 Å². The molecule has 0 aliphatic carbocycles. The predicted octanol–water partition coefficient (Wildman–Crippen LogP) is 0.920. The molecule has 1 fully saturated rings. The Morgan fingerprint density at radius 3 is 1.98 bits per heavy atom. The fourth-order valence-electron chi connectivity index (χ4n) is 4.26. The normalized spacial score (nSPS) is 15.3. The van der Waals surface area contributed by atoms with E-state index < -0.39 is 46.0 Å². The molecule has 0 spiro atoms. The van der Waals surface area contributed by atoms with E-state index in [2.05, 4.69) is 21.8 Å². The number of rotatable bonds is 9. The third-order valence-electron chi connectivity index (χ3n) is 6.62. The molecule has 1 aliphatic heterocycles. The highest BCUT2D eigenvalue weighted by molar-refractivity contribution is 8.13. The summed E-state index contributed by atoms with van der Waals surface area (Å²) < 4.78 is 82.6. The molecule has 1 aliphatic rings. The lowest BCUT2D eigenvalue weighted by molar-refractivity contribution is -0.140. The molecule has 3 aromatic rings. The number of aryl methyl sites for hydroxylation is 2. The number of piperidine rings is 1. The Morgan fingerprint density at radius 2 is 1.55 bits per heavy atom. The zero-order chi connectivity index (χ0) is 32.8. The number of sulfonamides is 1. The van der Waals surface area contributed by atoms with Crippen LogP contribution in [0.3, 0.4) is 0 Å². The minimum absolute atomic E-state index is 0.0184. The molecule has 15 nitrogen and oxygen atoms in total. The average molecular weight is 691 g/mol. The van der Waals surface area contributed by atoms with E-state index in [-0.39, 0.29) is 47.5 Å². The van der Waals surface area contributed by atoms with Gasteiger partial charge in [0.2, 0.25) is 0 Å². The summed E-state index contributed by atoms with van der Waals surface area (Å²) in [5.74, 6) is 4.40. The lowest BCUT2D eigenvalue weighted by Crippen LogP contribution is -2.52. The summed E-state index contributed by atoms with van der Waals surface area (Å²) in [6, 6.07) is 5.72. The number of nitrogens with one attached hydrogen (secondary N) is 1. The zero-order valence-electron chi connectivity index (χ0n) is 23.9. The number of imidazole rings is 2. The fraction of sp³-hybridized carbons (Fsp3) is 0.400. The zero-order valence-corrected chi connectivity index (χ0v) is 27.1. The first kappa shape index (κ1) is 35.0. The lowest BCUT2D eigenvalue weighted by atomic mass is 9.80. The van der Waals surface area contributed by atoms with E-state index in [1.54, 1.807) is 26.5 Å². The van der Waals surface area contributed by atoms with Crippen LogP contribution in [0.25, 0.3) is 0 Å². The number of hydrogen-bond acceptors (Lipinski definition) is 11. The van der Waals surface area contributed by atoms with Crippen molar-refractivity contribution in [1.29, 1.82) is 0 Å². The van der Waals surface area contributed by atoms with E-state index in [0.717, 1.165) is 4.31 Å². The van der Waals surface area contributed by atoms with Gasteiger partial charge in [0.1, 0.15) is 12.4 Å². The number of hydrogen-bond donors (Lipinski definition) is 2. The molecule has 0 saturated carbocycles. The predicted molar refractivity (Wildman–Crippen MR) is 157 cm³/mol. The molecule has 4 rings (SSSR count). The third kappa shape index (κ3) is 8.58. The number of ether oxygens (including phenoxy) is 1. The van der Waals surface area contributed by atoms with Gasteiger partial charge in [-0.05, 0) is 44.0 Å². The first-order valence-corrected chi connectivity index (χ1v) is 18.1. The molecule has 1 amide bonds. The van der Waals surface area contributed by atoms with Crippen LogP contribution in [0.1, 0.15) is 19.8 Å². The van der Waals surface area contributed by atoms with Gasteiger partial charge in [-0.2, -0.15) is 4.31 Å². The van der Waals surface area contributed by atoms with Crippen LogP contribution in [-0.2, 0) is 47.8 Å². The summed E-state index contributed by atoms with van der Waals surface area (Å²) in [5, 5.41) is 9.05. The largest absolute Gasteiger partial charge is 0.481 e. The molecule has 19 heteroatoms. The smallest absolute Gasteiger partial charge is 0.280 e. The van der Waals surface area contributed by atoms with Crippen LogP contribution in [0.5, 0.6) is 5.75 Å². The summed E-state index contributed by atoms with van der Waals surface area (Å²) in [5.41, 5.74) is 0.0517. The number of aromatic nitrogens is 4. The van der Waals surface area contributed by atoms with Crippen LogP contribution in [0.4, 0.5) is 0 Å². The summed E-state index contributed by atoms with van der Waals surface area (Å²) in [6.07, 6.45) is 5.24. The summed E-state index contributed by atoms with van der Waals surface area (Å²) in [6.45, 7) is 1.64. The second-order valence-corrected chi connectivity index (χ2v) is 16.2. The van der Waals surface area contributed by atoms with Gasteiger partial charge in [0.05, 0.1) is 28.7 Å². The van der Waals surface area contributed by atoms with Crippen LogP contribution in [-0.4, -0.2) is 85.2 Å². The number of sulfone groups is 1. The molecule has 0 radical (unpaired) electrons. The number of benzene rings is 1. The van der Waals surface area contributed by atoms with Crippen molar-refractivity contribution in [3.8, 4) is 17.6 Å². The maximum atomic E-state index is 13.1. The van der Waals surface area contributed by atoms with Crippen molar-refractivity contribution in [3.05, 3.63) is 49.3 Å². The average Bonchev–Trinajstić information content (AvgIpc) is 3.62. The van der Waals surface area contributed by atoms with E-state index in [1.807, 2.05) is 0 Å². The topological polar surface area (TPSA) is 200 Å². The minimum Gasteiger partial charge on any atom is -0.481 e. The molecule has 0 bridgehead atoms. The monoisotopic (exact) mass is 690 g/mol. The quantitative estimate of drug-likeness (QED) is 0.140. The van der Waals surface area contributed by atoms with E-state index in [9.17, 15) is 35.3 Å². The molecule has 1 saturated heterocycles. The summed E-state index contributed by atoms with van der Waals surface area (Å²) in [7, 11) is -3.22. The van der Waals surface area contributed by atoms with Crippen LogP contribution < -0.4 is 10.2 Å². The van der Waals surface area contributed by atoms with Gasteiger partial charge in [-0.25, -0.2) is 40.7 Å². The maximum Gasteiger partial charge on any atom is 0.280 e. The number of carbonyl (C=O) groups excluding carboxylic acids is 1. The van der Waals surface area contributed by atoms with Crippen molar-refractivity contribution in [2.45, 2.75) is 34.7 Å². The summed E-state index contributed by atoms with van der Waals surface area (Å²) in [4.78, 5) is 20.0. The SMILES string of the molecule is CC#CCOc1ccc(S(=O)(=O)CC2(C(=O)NO)CCN(S(=O)(=O)c3cn(C)cn3)CC2)cc1.Cn1cnc(S(=O)(=O)Cl)c1. The molecular weight excluding hydrogens is 660 g/mol. The molecule has 2 aromatic heterocycles. The van der Waals surface area contributed by atoms with Crippen molar-refractivity contribution in [2.75, 3.05) is 25.4 Å². The molecule has 2 N–H and O–H groups in total. The van der Waals surface area contributed by atoms with Crippen molar-refractivity contribution >= 4 is 45.5 Å². The van der Waals surface area contributed by atoms with Crippen LogP contribution >= 0.6 is 10.7 Å². The van der Waals surface area contributed by atoms with E-state index >= 15 is 0 Å².